The highest BCUT2D eigenvalue weighted by atomic mass is 14.7. The lowest BCUT2D eigenvalue weighted by Gasteiger charge is -2.17. The van der Waals surface area contributed by atoms with Crippen LogP contribution in [0.3, 0.4) is 0 Å². The van der Waals surface area contributed by atoms with E-state index in [0.29, 0.717) is 5.92 Å². The third-order valence-electron chi connectivity index (χ3n) is 3.70. The Morgan fingerprint density at radius 1 is 0.905 bits per heavy atom. The van der Waals surface area contributed by atoms with Gasteiger partial charge in [0.25, 0.3) is 0 Å². The molecule has 1 nitrogen and oxygen atoms in total. The first-order valence-electron chi connectivity index (χ1n) is 7.47. The predicted molar refractivity (Wildman–Crippen MR) is 92.9 cm³/mol. The quantitative estimate of drug-likeness (QED) is 0.680. The molecule has 2 aromatic rings. The molecular weight excluding hydrogens is 254 g/mol. The molecule has 2 aromatic carbocycles. The summed E-state index contributed by atoms with van der Waals surface area (Å²) in [4.78, 5) is 4.55. The van der Waals surface area contributed by atoms with E-state index in [1.54, 1.807) is 0 Å². The molecule has 0 atom stereocenters. The fraction of sp³-hybridized carbons (Fsp3) is 0.250. The molecule has 0 unspecified atom stereocenters. The van der Waals surface area contributed by atoms with Gasteiger partial charge in [0.2, 0.25) is 0 Å². The fourth-order valence-electron chi connectivity index (χ4n) is 2.74. The number of nitrogens with zero attached hydrogens (tertiary/aromatic N) is 1. The molecule has 0 amide bonds. The summed E-state index contributed by atoms with van der Waals surface area (Å²) in [6.45, 7) is 6.58. The minimum absolute atomic E-state index is 0.491. The average Bonchev–Trinajstić information content (AvgIpc) is 2.51. The highest BCUT2D eigenvalue weighted by Crippen LogP contribution is 2.28. The Labute approximate surface area is 128 Å². The maximum atomic E-state index is 4.55. The van der Waals surface area contributed by atoms with E-state index in [-0.39, 0.29) is 0 Å². The van der Waals surface area contributed by atoms with Crippen molar-refractivity contribution in [1.82, 2.24) is 0 Å². The van der Waals surface area contributed by atoms with E-state index in [1.807, 2.05) is 13.1 Å². The third kappa shape index (κ3) is 3.30. The van der Waals surface area contributed by atoms with Crippen LogP contribution in [0, 0.1) is 5.92 Å². The molecule has 0 spiro atoms. The maximum absolute atomic E-state index is 4.55. The first-order valence-corrected chi connectivity index (χ1v) is 7.47. The Bertz CT molecular complexity index is 649. The second-order valence-corrected chi connectivity index (χ2v) is 5.38. The van der Waals surface area contributed by atoms with E-state index in [1.165, 1.54) is 16.7 Å². The Morgan fingerprint density at radius 2 is 1.48 bits per heavy atom. The summed E-state index contributed by atoms with van der Waals surface area (Å²) in [7, 11) is 1.86. The van der Waals surface area contributed by atoms with Crippen molar-refractivity contribution in [2.75, 3.05) is 7.05 Å². The van der Waals surface area contributed by atoms with Gasteiger partial charge < -0.3 is 0 Å². The molecular formula is C20H23N. The van der Waals surface area contributed by atoms with E-state index in [9.17, 15) is 0 Å². The van der Waals surface area contributed by atoms with Crippen LogP contribution in [0.25, 0.3) is 5.57 Å². The predicted octanol–water partition coefficient (Wildman–Crippen LogP) is 5.21. The first-order chi connectivity index (χ1) is 10.2. The number of aliphatic imine (C=N–C) groups is 1. The molecule has 0 bridgehead atoms. The average molecular weight is 277 g/mol. The number of hydrogen-bond donors (Lipinski definition) is 0. The van der Waals surface area contributed by atoms with Crippen LogP contribution in [0.5, 0.6) is 0 Å². The van der Waals surface area contributed by atoms with Gasteiger partial charge in [0.15, 0.2) is 0 Å². The van der Waals surface area contributed by atoms with E-state index in [4.69, 9.17) is 0 Å². The van der Waals surface area contributed by atoms with Crippen molar-refractivity contribution in [3.63, 3.8) is 0 Å². The minimum Gasteiger partial charge on any atom is -0.287 e. The molecule has 0 N–H and O–H groups in total. The maximum Gasteiger partial charge on any atom is 0.0721 e. The van der Waals surface area contributed by atoms with E-state index in [0.717, 1.165) is 11.3 Å². The van der Waals surface area contributed by atoms with Crippen molar-refractivity contribution in [1.29, 1.82) is 0 Å². The van der Waals surface area contributed by atoms with Crippen LogP contribution < -0.4 is 0 Å². The molecule has 0 aliphatic heterocycles. The molecule has 0 aromatic heterocycles. The lowest BCUT2D eigenvalue weighted by molar-refractivity contribution is 0.853. The van der Waals surface area contributed by atoms with Crippen LogP contribution in [0.1, 0.15) is 37.5 Å². The number of allylic oxidation sites excluding steroid dienone is 2. The van der Waals surface area contributed by atoms with Crippen molar-refractivity contribution >= 4 is 11.3 Å². The van der Waals surface area contributed by atoms with E-state index in [2.05, 4.69) is 80.4 Å². The monoisotopic (exact) mass is 277 g/mol. The first kappa shape index (κ1) is 15.2. The summed E-state index contributed by atoms with van der Waals surface area (Å²) in [5.74, 6) is 0.491. The fourth-order valence-corrected chi connectivity index (χ4v) is 2.74. The van der Waals surface area contributed by atoms with Crippen LogP contribution in [-0.4, -0.2) is 12.8 Å². The van der Waals surface area contributed by atoms with Crippen LogP contribution in [0.4, 0.5) is 0 Å². The molecule has 0 heterocycles. The summed E-state index contributed by atoms with van der Waals surface area (Å²) in [5, 5.41) is 0. The Hall–Kier alpha value is -2.15. The lowest BCUT2D eigenvalue weighted by atomic mass is 9.88. The van der Waals surface area contributed by atoms with Gasteiger partial charge in [-0.15, -0.1) is 0 Å². The number of benzene rings is 2. The zero-order chi connectivity index (χ0) is 15.2. The summed E-state index contributed by atoms with van der Waals surface area (Å²) in [6.07, 6.45) is 2.21. The topological polar surface area (TPSA) is 12.4 Å². The van der Waals surface area contributed by atoms with Crippen molar-refractivity contribution in [2.24, 2.45) is 10.9 Å². The van der Waals surface area contributed by atoms with Crippen LogP contribution in [0.2, 0.25) is 0 Å². The van der Waals surface area contributed by atoms with Gasteiger partial charge in [0, 0.05) is 18.2 Å². The summed E-state index contributed by atoms with van der Waals surface area (Å²) >= 11 is 0. The van der Waals surface area contributed by atoms with Crippen LogP contribution in [-0.2, 0) is 0 Å². The van der Waals surface area contributed by atoms with Crippen LogP contribution >= 0.6 is 0 Å². The normalized spacial score (nSPS) is 12.8. The summed E-state index contributed by atoms with van der Waals surface area (Å²) < 4.78 is 0. The molecule has 0 saturated carbocycles. The van der Waals surface area contributed by atoms with Gasteiger partial charge in [0.05, 0.1) is 5.71 Å². The zero-order valence-electron chi connectivity index (χ0n) is 13.3. The standard InChI is InChI=1S/C20H23N/c1-5-17(15(2)3)18-13-9-10-14-19(18)20(21-4)16-11-7-6-8-12-16/h5-15H,1-4H3/b17-5-,21-20+. The van der Waals surface area contributed by atoms with Gasteiger partial charge in [-0.25, -0.2) is 0 Å². The zero-order valence-corrected chi connectivity index (χ0v) is 13.3. The molecule has 2 rings (SSSR count). The van der Waals surface area contributed by atoms with Crippen LogP contribution in [0.15, 0.2) is 65.7 Å². The minimum atomic E-state index is 0.491. The molecule has 1 heteroatoms. The Kier molecular flexibility index (Phi) is 5.10. The van der Waals surface area contributed by atoms with Crippen molar-refractivity contribution in [2.45, 2.75) is 20.8 Å². The summed E-state index contributed by atoms with van der Waals surface area (Å²) in [5.41, 5.74) is 6.05. The van der Waals surface area contributed by atoms with Gasteiger partial charge >= 0.3 is 0 Å². The van der Waals surface area contributed by atoms with Crippen molar-refractivity contribution in [3.05, 3.63) is 77.4 Å². The second kappa shape index (κ2) is 7.03. The highest BCUT2D eigenvalue weighted by molar-refractivity contribution is 6.15. The molecule has 0 saturated heterocycles. The largest absolute Gasteiger partial charge is 0.287 e. The van der Waals surface area contributed by atoms with Crippen molar-refractivity contribution < 1.29 is 0 Å². The van der Waals surface area contributed by atoms with Gasteiger partial charge in [-0.2, -0.15) is 0 Å². The van der Waals surface area contributed by atoms with Gasteiger partial charge in [-0.1, -0.05) is 74.5 Å². The van der Waals surface area contributed by atoms with Gasteiger partial charge in [-0.3, -0.25) is 4.99 Å². The molecule has 0 aliphatic rings. The second-order valence-electron chi connectivity index (χ2n) is 5.38. The Morgan fingerprint density at radius 3 is 2.00 bits per heavy atom. The van der Waals surface area contributed by atoms with E-state index >= 15 is 0 Å². The number of hydrogen-bond acceptors (Lipinski definition) is 1. The molecule has 108 valence electrons. The SMILES string of the molecule is C/C=C(\c1ccccc1/C(=N/C)c1ccccc1)C(C)C. The van der Waals surface area contributed by atoms with Crippen molar-refractivity contribution in [3.8, 4) is 0 Å². The summed E-state index contributed by atoms with van der Waals surface area (Å²) in [6, 6.07) is 18.9. The highest BCUT2D eigenvalue weighted by Gasteiger charge is 2.14. The molecule has 0 aliphatic carbocycles. The van der Waals surface area contributed by atoms with E-state index < -0.39 is 0 Å². The molecule has 0 fully saturated rings. The van der Waals surface area contributed by atoms with Gasteiger partial charge in [-0.05, 0) is 24.0 Å². The van der Waals surface area contributed by atoms with Gasteiger partial charge in [0.1, 0.15) is 0 Å². The molecule has 0 radical (unpaired) electrons. The number of rotatable bonds is 4. The smallest absolute Gasteiger partial charge is 0.0721 e. The lowest BCUT2D eigenvalue weighted by Crippen LogP contribution is -2.08. The Balaban J connectivity index is 2.59. The third-order valence-corrected chi connectivity index (χ3v) is 3.70. The molecule has 21 heavy (non-hydrogen) atoms.